The van der Waals surface area contributed by atoms with Crippen molar-refractivity contribution in [2.24, 2.45) is 0 Å². The average molecular weight is 266 g/mol. The number of fused-ring (bicyclic) bond motifs is 1. The predicted molar refractivity (Wildman–Crippen MR) is 62.0 cm³/mol. The quantitative estimate of drug-likeness (QED) is 0.906. The molecule has 19 heavy (non-hydrogen) atoms. The largest absolute Gasteiger partial charge is 0.394 e. The third kappa shape index (κ3) is 1.96. The maximum atomic E-state index is 13.8. The van der Waals surface area contributed by atoms with Crippen LogP contribution in [0.15, 0.2) is 12.1 Å². The molecule has 1 aliphatic rings. The third-order valence-electron chi connectivity index (χ3n) is 3.31. The molecule has 0 fully saturated rings. The molecule has 0 saturated heterocycles. The summed E-state index contributed by atoms with van der Waals surface area (Å²) in [7, 11) is 0. The van der Waals surface area contributed by atoms with Crippen LogP contribution in [-0.4, -0.2) is 28.6 Å². The third-order valence-corrected chi connectivity index (χ3v) is 3.31. The first-order valence-electron chi connectivity index (χ1n) is 5.87. The molecule has 0 radical (unpaired) electrons. The van der Waals surface area contributed by atoms with Gasteiger partial charge in [-0.2, -0.15) is 5.26 Å². The molecular weight excluding hydrogens is 254 g/mol. The van der Waals surface area contributed by atoms with Crippen LogP contribution in [0.5, 0.6) is 0 Å². The van der Waals surface area contributed by atoms with E-state index < -0.39 is 29.6 Å². The fraction of sp³-hybridized carbons (Fsp3) is 0.385. The number of amides is 1. The monoisotopic (exact) mass is 266 g/mol. The number of nitrogens with zero attached hydrogens (tertiary/aromatic N) is 2. The second-order valence-corrected chi connectivity index (χ2v) is 4.34. The fourth-order valence-electron chi connectivity index (χ4n) is 2.35. The van der Waals surface area contributed by atoms with Crippen molar-refractivity contribution in [2.45, 2.75) is 25.4 Å². The van der Waals surface area contributed by atoms with Crippen molar-refractivity contribution in [2.75, 3.05) is 6.61 Å². The Morgan fingerprint density at radius 1 is 1.53 bits per heavy atom. The topological polar surface area (TPSA) is 64.3 Å². The Kier molecular flexibility index (Phi) is 3.49. The van der Waals surface area contributed by atoms with Crippen molar-refractivity contribution in [3.8, 4) is 6.07 Å². The van der Waals surface area contributed by atoms with Gasteiger partial charge in [0.15, 0.2) is 0 Å². The predicted octanol–water partition coefficient (Wildman–Crippen LogP) is 1.76. The summed E-state index contributed by atoms with van der Waals surface area (Å²) in [5.74, 6) is -2.40. The van der Waals surface area contributed by atoms with E-state index >= 15 is 0 Å². The van der Waals surface area contributed by atoms with Crippen molar-refractivity contribution < 1.29 is 18.7 Å². The molecule has 1 aromatic rings. The van der Waals surface area contributed by atoms with Crippen molar-refractivity contribution in [1.82, 2.24) is 4.90 Å². The molecule has 2 atom stereocenters. The van der Waals surface area contributed by atoms with Gasteiger partial charge in [0.1, 0.15) is 17.7 Å². The van der Waals surface area contributed by atoms with Crippen LogP contribution in [0.2, 0.25) is 0 Å². The molecule has 1 heterocycles. The summed E-state index contributed by atoms with van der Waals surface area (Å²) >= 11 is 0. The lowest BCUT2D eigenvalue weighted by Crippen LogP contribution is -2.40. The molecule has 0 spiro atoms. The molecule has 100 valence electrons. The number of benzene rings is 1. The lowest BCUT2D eigenvalue weighted by molar-refractivity contribution is 0.0571. The number of carbonyl (C=O) groups is 1. The minimum atomic E-state index is -1.12. The molecule has 2 unspecified atom stereocenters. The molecule has 0 saturated carbocycles. The van der Waals surface area contributed by atoms with Crippen LogP contribution in [0, 0.1) is 23.0 Å². The van der Waals surface area contributed by atoms with E-state index in [4.69, 9.17) is 5.26 Å². The summed E-state index contributed by atoms with van der Waals surface area (Å²) in [6.45, 7) is 1.40. The number of hydrogen-bond acceptors (Lipinski definition) is 3. The second-order valence-electron chi connectivity index (χ2n) is 4.34. The van der Waals surface area contributed by atoms with Gasteiger partial charge in [-0.05, 0) is 12.5 Å². The molecule has 4 nitrogen and oxygen atoms in total. The summed E-state index contributed by atoms with van der Waals surface area (Å²) in [6.07, 6.45) is 0.415. The summed E-state index contributed by atoms with van der Waals surface area (Å²) in [4.78, 5) is 13.3. The minimum Gasteiger partial charge on any atom is -0.394 e. The van der Waals surface area contributed by atoms with Crippen LogP contribution in [0.3, 0.4) is 0 Å². The van der Waals surface area contributed by atoms with Gasteiger partial charge >= 0.3 is 0 Å². The first-order valence-corrected chi connectivity index (χ1v) is 5.87. The first-order chi connectivity index (χ1) is 9.04. The zero-order chi connectivity index (χ0) is 14.2. The molecule has 1 aromatic carbocycles. The Labute approximate surface area is 108 Å². The standard InChI is InChI=1S/C13H12F2N2O2/c1-2-8(6-18)17-11(5-16)12-9(13(17)19)3-7(14)4-10(12)15/h3-4,8,11,18H,2,6H2,1H3. The number of rotatable bonds is 3. The van der Waals surface area contributed by atoms with E-state index in [-0.39, 0.29) is 17.7 Å². The normalized spacial score (nSPS) is 19.2. The molecule has 2 rings (SSSR count). The minimum absolute atomic E-state index is 0.110. The summed E-state index contributed by atoms with van der Waals surface area (Å²) in [5, 5.41) is 18.4. The Balaban J connectivity index is 2.58. The van der Waals surface area contributed by atoms with Crippen LogP contribution in [0.1, 0.15) is 35.3 Å². The number of nitriles is 1. The van der Waals surface area contributed by atoms with Gasteiger partial charge in [-0.3, -0.25) is 4.79 Å². The van der Waals surface area contributed by atoms with Gasteiger partial charge in [0.2, 0.25) is 0 Å². The Morgan fingerprint density at radius 2 is 2.21 bits per heavy atom. The highest BCUT2D eigenvalue weighted by atomic mass is 19.1. The van der Waals surface area contributed by atoms with Gasteiger partial charge in [-0.25, -0.2) is 8.78 Å². The molecule has 0 aliphatic carbocycles. The number of hydrogen-bond donors (Lipinski definition) is 1. The molecular formula is C13H12F2N2O2. The smallest absolute Gasteiger partial charge is 0.256 e. The lowest BCUT2D eigenvalue weighted by atomic mass is 10.0. The number of carbonyl (C=O) groups excluding carboxylic acids is 1. The van der Waals surface area contributed by atoms with Gasteiger partial charge in [-0.1, -0.05) is 6.92 Å². The molecule has 6 heteroatoms. The van der Waals surface area contributed by atoms with Gasteiger partial charge < -0.3 is 10.0 Å². The van der Waals surface area contributed by atoms with Crippen molar-refractivity contribution >= 4 is 5.91 Å². The number of aliphatic hydroxyl groups excluding tert-OH is 1. The van der Waals surface area contributed by atoms with E-state index in [1.165, 1.54) is 0 Å². The number of aliphatic hydroxyl groups is 1. The van der Waals surface area contributed by atoms with Gasteiger partial charge in [-0.15, -0.1) is 0 Å². The second kappa shape index (κ2) is 4.94. The van der Waals surface area contributed by atoms with Gasteiger partial charge in [0, 0.05) is 11.6 Å². The van der Waals surface area contributed by atoms with E-state index in [1.54, 1.807) is 6.92 Å². The lowest BCUT2D eigenvalue weighted by Gasteiger charge is -2.28. The summed E-state index contributed by atoms with van der Waals surface area (Å²) < 4.78 is 27.0. The van der Waals surface area contributed by atoms with E-state index in [0.29, 0.717) is 12.5 Å². The van der Waals surface area contributed by atoms with E-state index in [0.717, 1.165) is 11.0 Å². The highest BCUT2D eigenvalue weighted by Gasteiger charge is 2.42. The summed E-state index contributed by atoms with van der Waals surface area (Å²) in [6, 6.07) is 1.70. The van der Waals surface area contributed by atoms with Crippen LogP contribution in [-0.2, 0) is 0 Å². The maximum absolute atomic E-state index is 13.8. The Morgan fingerprint density at radius 3 is 2.74 bits per heavy atom. The molecule has 1 aliphatic heterocycles. The molecule has 1 N–H and O–H groups in total. The van der Waals surface area contributed by atoms with Gasteiger partial charge in [0.05, 0.1) is 24.3 Å². The molecule has 0 aromatic heterocycles. The number of halogens is 2. The van der Waals surface area contributed by atoms with E-state index in [1.807, 2.05) is 6.07 Å². The van der Waals surface area contributed by atoms with Crippen LogP contribution >= 0.6 is 0 Å². The maximum Gasteiger partial charge on any atom is 0.256 e. The highest BCUT2D eigenvalue weighted by Crippen LogP contribution is 2.37. The average Bonchev–Trinajstić information content (AvgIpc) is 2.65. The Bertz CT molecular complexity index is 564. The van der Waals surface area contributed by atoms with Crippen LogP contribution < -0.4 is 0 Å². The summed E-state index contributed by atoms with van der Waals surface area (Å²) in [5.41, 5.74) is -0.253. The first kappa shape index (κ1) is 13.4. The van der Waals surface area contributed by atoms with Crippen LogP contribution in [0.4, 0.5) is 8.78 Å². The van der Waals surface area contributed by atoms with Crippen molar-refractivity contribution in [3.05, 3.63) is 34.9 Å². The molecule has 1 amide bonds. The van der Waals surface area contributed by atoms with Crippen LogP contribution in [0.25, 0.3) is 0 Å². The molecule has 0 bridgehead atoms. The van der Waals surface area contributed by atoms with Crippen molar-refractivity contribution in [3.63, 3.8) is 0 Å². The fourth-order valence-corrected chi connectivity index (χ4v) is 2.35. The SMILES string of the molecule is CCC(CO)N1C(=O)c2cc(F)cc(F)c2C1C#N. The van der Waals surface area contributed by atoms with E-state index in [9.17, 15) is 18.7 Å². The zero-order valence-electron chi connectivity index (χ0n) is 10.2. The highest BCUT2D eigenvalue weighted by molar-refractivity contribution is 6.00. The van der Waals surface area contributed by atoms with E-state index in [2.05, 4.69) is 0 Å². The Hall–Kier alpha value is -2.00. The van der Waals surface area contributed by atoms with Crippen molar-refractivity contribution in [1.29, 1.82) is 5.26 Å². The zero-order valence-corrected chi connectivity index (χ0v) is 10.2. The van der Waals surface area contributed by atoms with Gasteiger partial charge in [0.25, 0.3) is 5.91 Å².